The van der Waals surface area contributed by atoms with Crippen molar-refractivity contribution >= 4 is 24.2 Å². The lowest BCUT2D eigenvalue weighted by Gasteiger charge is -2.00. The molecule has 3 heteroatoms. The zero-order valence-electron chi connectivity index (χ0n) is 6.50. The molecule has 0 saturated heterocycles. The quantitative estimate of drug-likeness (QED) is 0.704. The maximum atomic E-state index is 5.80. The number of rotatable bonds is 2. The van der Waals surface area contributed by atoms with Crippen LogP contribution in [0.15, 0.2) is 35.4 Å². The van der Waals surface area contributed by atoms with E-state index in [9.17, 15) is 0 Å². The van der Waals surface area contributed by atoms with Gasteiger partial charge in [0.1, 0.15) is 0 Å². The first-order valence-electron chi connectivity index (χ1n) is 3.56. The van der Waals surface area contributed by atoms with E-state index in [2.05, 4.69) is 12.6 Å². The third-order valence-electron chi connectivity index (χ3n) is 1.47. The SMILES string of the molecule is N/C=C(\S)Cc1cccc(Cl)c1. The lowest BCUT2D eigenvalue weighted by molar-refractivity contribution is 1.24. The Kier molecular flexibility index (Phi) is 3.50. The number of nitrogens with two attached hydrogens (primary N) is 1. The van der Waals surface area contributed by atoms with Gasteiger partial charge in [0.2, 0.25) is 0 Å². The van der Waals surface area contributed by atoms with Gasteiger partial charge in [0.25, 0.3) is 0 Å². The van der Waals surface area contributed by atoms with Crippen LogP contribution in [0.1, 0.15) is 5.56 Å². The minimum Gasteiger partial charge on any atom is -0.404 e. The van der Waals surface area contributed by atoms with Crippen LogP contribution in [0.3, 0.4) is 0 Å². The van der Waals surface area contributed by atoms with E-state index in [4.69, 9.17) is 17.3 Å². The molecule has 1 rings (SSSR count). The molecule has 64 valence electrons. The van der Waals surface area contributed by atoms with Crippen LogP contribution in [-0.2, 0) is 6.42 Å². The molecule has 0 saturated carbocycles. The van der Waals surface area contributed by atoms with E-state index < -0.39 is 0 Å². The van der Waals surface area contributed by atoms with Crippen molar-refractivity contribution in [2.24, 2.45) is 5.73 Å². The van der Waals surface area contributed by atoms with E-state index in [1.165, 1.54) is 6.20 Å². The van der Waals surface area contributed by atoms with Crippen molar-refractivity contribution in [2.45, 2.75) is 6.42 Å². The van der Waals surface area contributed by atoms with Crippen LogP contribution in [-0.4, -0.2) is 0 Å². The van der Waals surface area contributed by atoms with Crippen LogP contribution >= 0.6 is 24.2 Å². The summed E-state index contributed by atoms with van der Waals surface area (Å²) in [5.41, 5.74) is 6.41. The molecule has 0 atom stereocenters. The Morgan fingerprint density at radius 3 is 2.92 bits per heavy atom. The molecule has 0 aromatic heterocycles. The number of thiol groups is 1. The van der Waals surface area contributed by atoms with Gasteiger partial charge >= 0.3 is 0 Å². The molecule has 0 heterocycles. The van der Waals surface area contributed by atoms with Crippen molar-refractivity contribution in [3.8, 4) is 0 Å². The van der Waals surface area contributed by atoms with Crippen LogP contribution in [0.2, 0.25) is 5.02 Å². The maximum Gasteiger partial charge on any atom is 0.0408 e. The lowest BCUT2D eigenvalue weighted by Crippen LogP contribution is -1.88. The van der Waals surface area contributed by atoms with E-state index >= 15 is 0 Å². The van der Waals surface area contributed by atoms with Gasteiger partial charge in [0.05, 0.1) is 0 Å². The molecule has 0 aliphatic heterocycles. The average Bonchev–Trinajstić information content (AvgIpc) is 2.04. The molecule has 1 aromatic carbocycles. The van der Waals surface area contributed by atoms with Crippen molar-refractivity contribution in [1.82, 2.24) is 0 Å². The summed E-state index contributed by atoms with van der Waals surface area (Å²) in [4.78, 5) is 0.845. The minimum absolute atomic E-state index is 0.736. The molecule has 0 aliphatic carbocycles. The van der Waals surface area contributed by atoms with Gasteiger partial charge in [-0.3, -0.25) is 0 Å². The molecular formula is C9H10ClNS. The molecule has 1 aromatic rings. The standard InChI is InChI=1S/C9H10ClNS/c10-8-3-1-2-7(4-8)5-9(12)6-11/h1-4,6,12H,5,11H2/b9-6-. The Hall–Kier alpha value is -0.600. The summed E-state index contributed by atoms with van der Waals surface area (Å²) in [6, 6.07) is 7.65. The molecule has 0 unspecified atom stereocenters. The first-order valence-corrected chi connectivity index (χ1v) is 4.39. The van der Waals surface area contributed by atoms with Crippen molar-refractivity contribution in [3.63, 3.8) is 0 Å². The molecule has 0 amide bonds. The van der Waals surface area contributed by atoms with Gasteiger partial charge < -0.3 is 5.73 Å². The van der Waals surface area contributed by atoms with Gasteiger partial charge in [-0.25, -0.2) is 0 Å². The van der Waals surface area contributed by atoms with Crippen LogP contribution in [0.5, 0.6) is 0 Å². The van der Waals surface area contributed by atoms with Gasteiger partial charge in [-0.2, -0.15) is 0 Å². The zero-order valence-corrected chi connectivity index (χ0v) is 8.15. The van der Waals surface area contributed by atoms with E-state index in [1.807, 2.05) is 24.3 Å². The van der Waals surface area contributed by atoms with Gasteiger partial charge in [-0.05, 0) is 17.7 Å². The van der Waals surface area contributed by atoms with E-state index in [0.717, 1.165) is 21.9 Å². The Labute approximate surface area is 82.6 Å². The highest BCUT2D eigenvalue weighted by Crippen LogP contribution is 2.14. The van der Waals surface area contributed by atoms with Crippen LogP contribution in [0.4, 0.5) is 0 Å². The number of hydrogen-bond donors (Lipinski definition) is 2. The van der Waals surface area contributed by atoms with Gasteiger partial charge in [-0.15, -0.1) is 12.6 Å². The number of halogens is 1. The summed E-state index contributed by atoms with van der Waals surface area (Å²) in [7, 11) is 0. The average molecular weight is 200 g/mol. The van der Waals surface area contributed by atoms with Crippen molar-refractivity contribution in [1.29, 1.82) is 0 Å². The summed E-state index contributed by atoms with van der Waals surface area (Å²) in [5.74, 6) is 0. The monoisotopic (exact) mass is 199 g/mol. The predicted octanol–water partition coefficient (Wildman–Crippen LogP) is 2.61. The van der Waals surface area contributed by atoms with Gasteiger partial charge in [0, 0.05) is 22.5 Å². The van der Waals surface area contributed by atoms with Crippen molar-refractivity contribution < 1.29 is 0 Å². The highest BCUT2D eigenvalue weighted by Gasteiger charge is 1.95. The second kappa shape index (κ2) is 4.43. The molecule has 0 aliphatic rings. The van der Waals surface area contributed by atoms with Crippen LogP contribution < -0.4 is 5.73 Å². The fraction of sp³-hybridized carbons (Fsp3) is 0.111. The zero-order chi connectivity index (χ0) is 8.97. The molecule has 0 bridgehead atoms. The van der Waals surface area contributed by atoms with Crippen LogP contribution in [0.25, 0.3) is 0 Å². The van der Waals surface area contributed by atoms with Gasteiger partial charge in [-0.1, -0.05) is 23.7 Å². The summed E-state index contributed by atoms with van der Waals surface area (Å²) in [6.07, 6.45) is 2.23. The number of benzene rings is 1. The summed E-state index contributed by atoms with van der Waals surface area (Å²) < 4.78 is 0. The van der Waals surface area contributed by atoms with Crippen molar-refractivity contribution in [2.75, 3.05) is 0 Å². The number of hydrogen-bond acceptors (Lipinski definition) is 2. The fourth-order valence-electron chi connectivity index (χ4n) is 0.915. The molecule has 2 N–H and O–H groups in total. The highest BCUT2D eigenvalue weighted by atomic mass is 35.5. The Bertz CT molecular complexity index is 296. The highest BCUT2D eigenvalue weighted by molar-refractivity contribution is 7.84. The lowest BCUT2D eigenvalue weighted by atomic mass is 10.1. The topological polar surface area (TPSA) is 26.0 Å². The van der Waals surface area contributed by atoms with Gasteiger partial charge in [0.15, 0.2) is 0 Å². The summed E-state index contributed by atoms with van der Waals surface area (Å²) >= 11 is 9.96. The smallest absolute Gasteiger partial charge is 0.0408 e. The maximum absolute atomic E-state index is 5.80. The predicted molar refractivity (Wildman–Crippen MR) is 56.4 cm³/mol. The summed E-state index contributed by atoms with van der Waals surface area (Å²) in [5, 5.41) is 0.741. The third-order valence-corrected chi connectivity index (χ3v) is 2.01. The van der Waals surface area contributed by atoms with E-state index in [1.54, 1.807) is 0 Å². The number of allylic oxidation sites excluding steroid dienone is 1. The third kappa shape index (κ3) is 2.80. The molecular weight excluding hydrogens is 190 g/mol. The molecule has 0 fully saturated rings. The summed E-state index contributed by atoms with van der Waals surface area (Å²) in [6.45, 7) is 0. The van der Waals surface area contributed by atoms with E-state index in [-0.39, 0.29) is 0 Å². The normalized spacial score (nSPS) is 11.7. The molecule has 12 heavy (non-hydrogen) atoms. The van der Waals surface area contributed by atoms with E-state index in [0.29, 0.717) is 0 Å². The second-order valence-electron chi connectivity index (χ2n) is 2.46. The Morgan fingerprint density at radius 2 is 2.33 bits per heavy atom. The molecule has 1 nitrogen and oxygen atoms in total. The second-order valence-corrected chi connectivity index (χ2v) is 3.48. The minimum atomic E-state index is 0.736. The molecule has 0 radical (unpaired) electrons. The Balaban J connectivity index is 2.76. The first-order chi connectivity index (χ1) is 5.72. The molecule has 0 spiro atoms. The Morgan fingerprint density at radius 1 is 1.58 bits per heavy atom. The van der Waals surface area contributed by atoms with Crippen molar-refractivity contribution in [3.05, 3.63) is 46.0 Å². The van der Waals surface area contributed by atoms with Crippen LogP contribution in [0, 0.1) is 0 Å². The fourth-order valence-corrected chi connectivity index (χ4v) is 1.31. The first kappa shape index (κ1) is 9.49. The largest absolute Gasteiger partial charge is 0.404 e.